The highest BCUT2D eigenvalue weighted by molar-refractivity contribution is 6.32. The summed E-state index contributed by atoms with van der Waals surface area (Å²) in [5, 5.41) is 0.532. The van der Waals surface area contributed by atoms with Gasteiger partial charge in [-0.15, -0.1) is 0 Å². The van der Waals surface area contributed by atoms with E-state index in [2.05, 4.69) is 18.8 Å². The first-order chi connectivity index (χ1) is 13.1. The number of allylic oxidation sites excluding steroid dienone is 2. The van der Waals surface area contributed by atoms with Crippen LogP contribution in [0.1, 0.15) is 45.1 Å². The minimum Gasteiger partial charge on any atom is -0.468 e. The van der Waals surface area contributed by atoms with Gasteiger partial charge in [-0.2, -0.15) is 0 Å². The van der Waals surface area contributed by atoms with E-state index in [0.717, 1.165) is 16.9 Å². The number of methoxy groups -OCH3 is 1. The lowest BCUT2D eigenvalue weighted by atomic mass is 9.67. The van der Waals surface area contributed by atoms with Crippen LogP contribution in [0.3, 0.4) is 0 Å². The Morgan fingerprint density at radius 3 is 2.54 bits per heavy atom. The van der Waals surface area contributed by atoms with Crippen molar-refractivity contribution < 1.29 is 14.3 Å². The standard InChI is InChI=1S/C22H27ClN2O3/c1-12-18(21(27)28-6)19(14-8-7-13(25(4)5)9-15(14)23)20-16(24-12)10-22(2,3)11-17(20)26/h7-9,18-19H,10-11H2,1-6H3/t18?,19-/m0/s1. The van der Waals surface area contributed by atoms with E-state index in [-0.39, 0.29) is 11.2 Å². The zero-order valence-electron chi connectivity index (χ0n) is 17.3. The van der Waals surface area contributed by atoms with Gasteiger partial charge >= 0.3 is 5.97 Å². The van der Waals surface area contributed by atoms with E-state index in [1.54, 1.807) is 0 Å². The summed E-state index contributed by atoms with van der Waals surface area (Å²) < 4.78 is 5.06. The van der Waals surface area contributed by atoms with E-state index >= 15 is 0 Å². The zero-order chi connectivity index (χ0) is 20.8. The maximum atomic E-state index is 13.1. The average Bonchev–Trinajstić information content (AvgIpc) is 2.58. The number of hydrogen-bond donors (Lipinski definition) is 0. The molecule has 1 aliphatic heterocycles. The molecular formula is C22H27ClN2O3. The number of halogens is 1. The van der Waals surface area contributed by atoms with Gasteiger partial charge in [0.2, 0.25) is 0 Å². The summed E-state index contributed by atoms with van der Waals surface area (Å²) in [4.78, 5) is 32.4. The summed E-state index contributed by atoms with van der Waals surface area (Å²) in [5.41, 5.74) is 3.61. The number of hydrogen-bond acceptors (Lipinski definition) is 5. The van der Waals surface area contributed by atoms with Crippen LogP contribution in [-0.4, -0.2) is 38.7 Å². The van der Waals surface area contributed by atoms with Crippen LogP contribution in [0, 0.1) is 11.3 Å². The third-order valence-corrected chi connectivity index (χ3v) is 5.92. The largest absolute Gasteiger partial charge is 0.468 e. The van der Waals surface area contributed by atoms with Gasteiger partial charge in [0.25, 0.3) is 0 Å². The lowest BCUT2D eigenvalue weighted by molar-refractivity contribution is -0.143. The van der Waals surface area contributed by atoms with Crippen LogP contribution in [-0.2, 0) is 14.3 Å². The molecule has 1 aromatic carbocycles. The molecular weight excluding hydrogens is 376 g/mol. The van der Waals surface area contributed by atoms with Crippen LogP contribution in [0.2, 0.25) is 5.02 Å². The molecule has 2 atom stereocenters. The van der Waals surface area contributed by atoms with Gasteiger partial charge in [-0.25, -0.2) is 0 Å². The van der Waals surface area contributed by atoms with Crippen molar-refractivity contribution >= 4 is 34.8 Å². The number of ketones is 1. The second-order valence-electron chi connectivity index (χ2n) is 8.63. The Hall–Kier alpha value is -2.14. The minimum atomic E-state index is -0.656. The van der Waals surface area contributed by atoms with Crippen molar-refractivity contribution in [2.75, 3.05) is 26.1 Å². The van der Waals surface area contributed by atoms with Gasteiger partial charge in [0, 0.05) is 54.1 Å². The highest BCUT2D eigenvalue weighted by Gasteiger charge is 2.46. The summed E-state index contributed by atoms with van der Waals surface area (Å²) >= 11 is 6.65. The van der Waals surface area contributed by atoms with Crippen LogP contribution in [0.5, 0.6) is 0 Å². The van der Waals surface area contributed by atoms with Crippen molar-refractivity contribution in [1.29, 1.82) is 0 Å². The van der Waals surface area contributed by atoms with Crippen molar-refractivity contribution in [2.24, 2.45) is 16.3 Å². The summed E-state index contributed by atoms with van der Waals surface area (Å²) in [5.74, 6) is -1.50. The molecule has 0 amide bonds. The lowest BCUT2D eigenvalue weighted by Crippen LogP contribution is -2.39. The average molecular weight is 403 g/mol. The second kappa shape index (κ2) is 7.36. The molecule has 1 unspecified atom stereocenters. The van der Waals surface area contributed by atoms with Crippen LogP contribution >= 0.6 is 11.6 Å². The first kappa shape index (κ1) is 20.6. The van der Waals surface area contributed by atoms with Gasteiger partial charge in [0.05, 0.1) is 7.11 Å². The highest BCUT2D eigenvalue weighted by atomic mass is 35.5. The Bertz CT molecular complexity index is 899. The van der Waals surface area contributed by atoms with Crippen LogP contribution in [0.4, 0.5) is 5.69 Å². The summed E-state index contributed by atoms with van der Waals surface area (Å²) in [6, 6.07) is 5.73. The van der Waals surface area contributed by atoms with Crippen LogP contribution < -0.4 is 4.90 Å². The van der Waals surface area contributed by atoms with E-state index in [1.807, 2.05) is 44.1 Å². The molecule has 0 bridgehead atoms. The van der Waals surface area contributed by atoms with E-state index in [0.29, 0.717) is 29.1 Å². The predicted molar refractivity (Wildman–Crippen MR) is 112 cm³/mol. The number of rotatable bonds is 3. The predicted octanol–water partition coefficient (Wildman–Crippen LogP) is 4.40. The van der Waals surface area contributed by atoms with Crippen molar-refractivity contribution in [2.45, 2.75) is 39.5 Å². The zero-order valence-corrected chi connectivity index (χ0v) is 18.1. The van der Waals surface area contributed by atoms with Crippen LogP contribution in [0.25, 0.3) is 0 Å². The summed E-state index contributed by atoms with van der Waals surface area (Å²) in [6.45, 7) is 5.96. The molecule has 0 N–H and O–H groups in total. The quantitative estimate of drug-likeness (QED) is 0.703. The topological polar surface area (TPSA) is 59.0 Å². The fourth-order valence-electron chi connectivity index (χ4n) is 4.26. The molecule has 28 heavy (non-hydrogen) atoms. The third-order valence-electron chi connectivity index (χ3n) is 5.59. The molecule has 0 saturated heterocycles. The van der Waals surface area contributed by atoms with E-state index < -0.39 is 17.8 Å². The molecule has 0 saturated carbocycles. The van der Waals surface area contributed by atoms with E-state index in [1.165, 1.54) is 7.11 Å². The number of carbonyl (C=O) groups is 2. The van der Waals surface area contributed by atoms with Crippen molar-refractivity contribution in [3.05, 3.63) is 40.1 Å². The number of nitrogens with zero attached hydrogens (tertiary/aromatic N) is 2. The maximum absolute atomic E-state index is 13.1. The van der Waals surface area contributed by atoms with Gasteiger partial charge in [0.15, 0.2) is 5.78 Å². The molecule has 0 fully saturated rings. The van der Waals surface area contributed by atoms with Crippen LogP contribution in [0.15, 0.2) is 34.5 Å². The maximum Gasteiger partial charge on any atom is 0.315 e. The Labute approximate surface area is 171 Å². The lowest BCUT2D eigenvalue weighted by Gasteiger charge is -2.39. The van der Waals surface area contributed by atoms with Crippen molar-refractivity contribution in [3.8, 4) is 0 Å². The van der Waals surface area contributed by atoms with Gasteiger partial charge in [0.1, 0.15) is 5.92 Å². The van der Waals surface area contributed by atoms with E-state index in [4.69, 9.17) is 16.3 Å². The molecule has 1 aromatic rings. The molecule has 5 nitrogen and oxygen atoms in total. The minimum absolute atomic E-state index is 0.0363. The Balaban J connectivity index is 2.21. The van der Waals surface area contributed by atoms with Crippen molar-refractivity contribution in [1.82, 2.24) is 0 Å². The van der Waals surface area contributed by atoms with Crippen molar-refractivity contribution in [3.63, 3.8) is 0 Å². The monoisotopic (exact) mass is 402 g/mol. The van der Waals surface area contributed by atoms with E-state index in [9.17, 15) is 9.59 Å². The fourth-order valence-corrected chi connectivity index (χ4v) is 4.55. The smallest absolute Gasteiger partial charge is 0.315 e. The number of carbonyl (C=O) groups excluding carboxylic acids is 2. The molecule has 150 valence electrons. The number of anilines is 1. The molecule has 2 aliphatic rings. The molecule has 0 aromatic heterocycles. The van der Waals surface area contributed by atoms with Gasteiger partial charge in [-0.3, -0.25) is 14.6 Å². The number of esters is 1. The number of ether oxygens (including phenoxy) is 1. The van der Waals surface area contributed by atoms with Gasteiger partial charge in [-0.05, 0) is 36.5 Å². The molecule has 1 heterocycles. The summed E-state index contributed by atoms with van der Waals surface area (Å²) in [6.07, 6.45) is 1.13. The first-order valence-corrected chi connectivity index (χ1v) is 9.79. The number of Topliss-reactive ketones (excluding diaryl/α,β-unsaturated/α-hetero) is 1. The molecule has 6 heteroatoms. The third kappa shape index (κ3) is 3.60. The van der Waals surface area contributed by atoms with Gasteiger partial charge < -0.3 is 9.64 Å². The first-order valence-electron chi connectivity index (χ1n) is 9.42. The normalized spacial score (nSPS) is 23.8. The molecule has 1 aliphatic carbocycles. The number of benzene rings is 1. The summed E-state index contributed by atoms with van der Waals surface area (Å²) in [7, 11) is 5.24. The Morgan fingerprint density at radius 2 is 1.96 bits per heavy atom. The highest BCUT2D eigenvalue weighted by Crippen LogP contribution is 2.49. The Morgan fingerprint density at radius 1 is 1.29 bits per heavy atom. The second-order valence-corrected chi connectivity index (χ2v) is 9.04. The molecule has 0 spiro atoms. The molecule has 0 radical (unpaired) electrons. The number of aliphatic imine (C=N–C) groups is 1. The fraction of sp³-hybridized carbons (Fsp3) is 0.500. The van der Waals surface area contributed by atoms with Gasteiger partial charge in [-0.1, -0.05) is 31.5 Å². The molecule has 3 rings (SSSR count). The Kier molecular flexibility index (Phi) is 5.41. The SMILES string of the molecule is COC(=O)C1C(C)=NC2=C(C(=O)CC(C)(C)C2)[C@H]1c1ccc(N(C)C)cc1Cl.